The van der Waals surface area contributed by atoms with Gasteiger partial charge in [-0.3, -0.25) is 19.6 Å². The third-order valence-electron chi connectivity index (χ3n) is 5.56. The molecule has 0 saturated heterocycles. The predicted molar refractivity (Wildman–Crippen MR) is 128 cm³/mol. The molecule has 1 aromatic carbocycles. The second-order valence-electron chi connectivity index (χ2n) is 8.32. The van der Waals surface area contributed by atoms with E-state index >= 15 is 0 Å². The quantitative estimate of drug-likeness (QED) is 0.222. The van der Waals surface area contributed by atoms with Gasteiger partial charge in [0.25, 0.3) is 11.8 Å². The lowest BCUT2D eigenvalue weighted by molar-refractivity contribution is 0.0751. The van der Waals surface area contributed by atoms with Gasteiger partial charge in [0.05, 0.1) is 0 Å². The van der Waals surface area contributed by atoms with Gasteiger partial charge >= 0.3 is 0 Å². The molecule has 1 aliphatic rings. The number of hydrazone groups is 1. The molecule has 0 fully saturated rings. The minimum atomic E-state index is -0.458. The Morgan fingerprint density at radius 1 is 1.11 bits per heavy atom. The maximum atomic E-state index is 13.2. The fraction of sp³-hybridized carbons (Fsp3) is 0.208. The largest absolute Gasteiger partial charge is 0.330 e. The molecule has 5 N–H and O–H groups in total. The van der Waals surface area contributed by atoms with E-state index in [0.717, 1.165) is 11.1 Å². The molecule has 10 nitrogen and oxygen atoms in total. The summed E-state index contributed by atoms with van der Waals surface area (Å²) in [5, 5.41) is 7.83. The summed E-state index contributed by atoms with van der Waals surface area (Å²) in [6, 6.07) is 12.0. The number of aromatic nitrogens is 2. The molecule has 0 atom stereocenters. The minimum absolute atomic E-state index is 0.0672. The molecule has 0 aliphatic carbocycles. The summed E-state index contributed by atoms with van der Waals surface area (Å²) in [5.41, 5.74) is 2.64. The lowest BCUT2D eigenvalue weighted by Gasteiger charge is -2.23. The topological polar surface area (TPSA) is 143 Å². The Kier molecular flexibility index (Phi) is 6.69. The van der Waals surface area contributed by atoms with Gasteiger partial charge in [-0.05, 0) is 67.4 Å². The molecule has 3 heterocycles. The standard InChI is InChI=1S/C24H25FN8O2/c1-14(2)33(27)22(31-26)19-4-3-5-21(29-19)30-23(34)20-10-16-12-32(13-17(16)11-28-20)24(35)15-6-8-18(25)9-7-15/h3-11,14H,12-13,26-27H2,1-2H3,(H,29,30,34)/b31-22-. The average molecular weight is 477 g/mol. The first-order chi connectivity index (χ1) is 16.8. The van der Waals surface area contributed by atoms with Crippen LogP contribution in [-0.2, 0) is 13.1 Å². The van der Waals surface area contributed by atoms with E-state index in [1.54, 1.807) is 35.4 Å². The lowest BCUT2D eigenvalue weighted by Crippen LogP contribution is -2.44. The number of amides is 2. The number of carbonyl (C=O) groups is 2. The number of nitrogens with zero attached hydrogens (tertiary/aromatic N) is 5. The summed E-state index contributed by atoms with van der Waals surface area (Å²) in [6.07, 6.45) is 1.58. The van der Waals surface area contributed by atoms with E-state index in [1.807, 2.05) is 13.8 Å². The van der Waals surface area contributed by atoms with Crippen molar-refractivity contribution in [3.63, 3.8) is 0 Å². The third-order valence-corrected chi connectivity index (χ3v) is 5.56. The zero-order valence-electron chi connectivity index (χ0n) is 19.3. The molecule has 2 aromatic heterocycles. The molecule has 0 bridgehead atoms. The molecule has 4 rings (SSSR count). The number of fused-ring (bicyclic) bond motifs is 1. The molecule has 3 aromatic rings. The molecule has 0 spiro atoms. The number of nitrogens with one attached hydrogen (secondary N) is 1. The third kappa shape index (κ3) is 5.09. The number of benzene rings is 1. The Morgan fingerprint density at radius 2 is 1.83 bits per heavy atom. The monoisotopic (exact) mass is 476 g/mol. The molecule has 0 unspecified atom stereocenters. The highest BCUT2D eigenvalue weighted by Gasteiger charge is 2.26. The first-order valence-electron chi connectivity index (χ1n) is 10.9. The molecule has 0 radical (unpaired) electrons. The van der Waals surface area contributed by atoms with Crippen LogP contribution in [0.4, 0.5) is 10.2 Å². The summed E-state index contributed by atoms with van der Waals surface area (Å²) in [4.78, 5) is 35.9. The van der Waals surface area contributed by atoms with E-state index in [2.05, 4.69) is 20.4 Å². The van der Waals surface area contributed by atoms with Crippen molar-refractivity contribution in [1.82, 2.24) is 19.9 Å². The predicted octanol–water partition coefficient (Wildman–Crippen LogP) is 2.23. The number of carbonyl (C=O) groups excluding carboxylic acids is 2. The van der Waals surface area contributed by atoms with Crippen LogP contribution in [0, 0.1) is 5.82 Å². The second kappa shape index (κ2) is 9.85. The molecule has 2 amide bonds. The van der Waals surface area contributed by atoms with Crippen LogP contribution in [-0.4, -0.2) is 43.6 Å². The Bertz CT molecular complexity index is 1290. The van der Waals surface area contributed by atoms with Gasteiger partial charge in [0.1, 0.15) is 23.0 Å². The van der Waals surface area contributed by atoms with Crippen LogP contribution in [0.1, 0.15) is 51.5 Å². The van der Waals surface area contributed by atoms with E-state index in [4.69, 9.17) is 11.7 Å². The van der Waals surface area contributed by atoms with E-state index in [1.165, 1.54) is 29.3 Å². The Labute approximate surface area is 201 Å². The number of pyridine rings is 2. The highest BCUT2D eigenvalue weighted by Crippen LogP contribution is 2.25. The maximum absolute atomic E-state index is 13.2. The van der Waals surface area contributed by atoms with Crippen molar-refractivity contribution >= 4 is 23.5 Å². The van der Waals surface area contributed by atoms with E-state index in [9.17, 15) is 14.0 Å². The fourth-order valence-electron chi connectivity index (χ4n) is 3.64. The summed E-state index contributed by atoms with van der Waals surface area (Å²) in [6.45, 7) is 4.44. The molecule has 35 heavy (non-hydrogen) atoms. The average Bonchev–Trinajstić information content (AvgIpc) is 3.28. The van der Waals surface area contributed by atoms with E-state index in [-0.39, 0.29) is 29.3 Å². The normalized spacial score (nSPS) is 13.1. The number of nitrogens with two attached hydrogens (primary N) is 2. The number of hydrogen-bond acceptors (Lipinski definition) is 7. The van der Waals surface area contributed by atoms with Gasteiger partial charge in [-0.1, -0.05) is 6.07 Å². The van der Waals surface area contributed by atoms with Crippen molar-refractivity contribution < 1.29 is 14.0 Å². The molecule has 11 heteroatoms. The molecular formula is C24H25FN8O2. The van der Waals surface area contributed by atoms with Gasteiger partial charge in [0.15, 0.2) is 5.84 Å². The van der Waals surface area contributed by atoms with Gasteiger partial charge in [-0.15, -0.1) is 0 Å². The summed E-state index contributed by atoms with van der Waals surface area (Å²) < 4.78 is 13.2. The van der Waals surface area contributed by atoms with E-state index < -0.39 is 11.7 Å². The van der Waals surface area contributed by atoms with Crippen LogP contribution < -0.4 is 17.0 Å². The summed E-state index contributed by atoms with van der Waals surface area (Å²) >= 11 is 0. The summed E-state index contributed by atoms with van der Waals surface area (Å²) in [7, 11) is 0. The van der Waals surface area contributed by atoms with Gasteiger partial charge in [-0.2, -0.15) is 5.10 Å². The van der Waals surface area contributed by atoms with Crippen LogP contribution in [0.2, 0.25) is 0 Å². The number of anilines is 1. The minimum Gasteiger partial charge on any atom is -0.330 e. The Hall–Kier alpha value is -4.38. The lowest BCUT2D eigenvalue weighted by atomic mass is 10.1. The molecule has 0 saturated carbocycles. The van der Waals surface area contributed by atoms with Crippen LogP contribution in [0.25, 0.3) is 0 Å². The molecule has 1 aliphatic heterocycles. The number of halogens is 1. The van der Waals surface area contributed by atoms with Crippen LogP contribution in [0.15, 0.2) is 59.8 Å². The van der Waals surface area contributed by atoms with Crippen LogP contribution in [0.3, 0.4) is 0 Å². The molecular weight excluding hydrogens is 451 g/mol. The second-order valence-corrected chi connectivity index (χ2v) is 8.32. The number of hydrogen-bond donors (Lipinski definition) is 3. The van der Waals surface area contributed by atoms with Gasteiger partial charge < -0.3 is 16.1 Å². The van der Waals surface area contributed by atoms with Crippen LogP contribution in [0.5, 0.6) is 0 Å². The first-order valence-corrected chi connectivity index (χ1v) is 10.9. The number of hydrazine groups is 1. The van der Waals surface area contributed by atoms with Crippen molar-refractivity contribution in [3.05, 3.63) is 88.6 Å². The zero-order valence-corrected chi connectivity index (χ0v) is 19.3. The highest BCUT2D eigenvalue weighted by molar-refractivity contribution is 6.03. The highest BCUT2D eigenvalue weighted by atomic mass is 19.1. The van der Waals surface area contributed by atoms with Crippen molar-refractivity contribution in [2.24, 2.45) is 16.8 Å². The maximum Gasteiger partial charge on any atom is 0.275 e. The smallest absolute Gasteiger partial charge is 0.275 e. The van der Waals surface area contributed by atoms with Gasteiger partial charge in [0, 0.05) is 30.9 Å². The first kappa shape index (κ1) is 23.8. The van der Waals surface area contributed by atoms with E-state index in [0.29, 0.717) is 24.3 Å². The number of rotatable bonds is 5. The van der Waals surface area contributed by atoms with Crippen molar-refractivity contribution in [2.45, 2.75) is 33.0 Å². The van der Waals surface area contributed by atoms with Gasteiger partial charge in [-0.25, -0.2) is 15.2 Å². The Morgan fingerprint density at radius 3 is 2.51 bits per heavy atom. The number of amidine groups is 1. The van der Waals surface area contributed by atoms with Crippen LogP contribution >= 0.6 is 0 Å². The summed E-state index contributed by atoms with van der Waals surface area (Å²) in [5.74, 6) is 11.0. The molecule has 180 valence electrons. The Balaban J connectivity index is 1.47. The van der Waals surface area contributed by atoms with Crippen molar-refractivity contribution in [2.75, 3.05) is 5.32 Å². The fourth-order valence-corrected chi connectivity index (χ4v) is 3.64. The van der Waals surface area contributed by atoms with Crippen molar-refractivity contribution in [1.29, 1.82) is 0 Å². The SMILES string of the molecule is CC(C)N(N)/C(=N\N)c1cccc(NC(=O)c2cc3c(cn2)CN(C(=O)c2ccc(F)cc2)C3)n1. The van der Waals surface area contributed by atoms with Gasteiger partial charge in [0.2, 0.25) is 0 Å². The zero-order chi connectivity index (χ0) is 25.1. The van der Waals surface area contributed by atoms with Crippen molar-refractivity contribution in [3.8, 4) is 0 Å².